The van der Waals surface area contributed by atoms with Crippen molar-refractivity contribution in [1.82, 2.24) is 39.2 Å². The van der Waals surface area contributed by atoms with Gasteiger partial charge in [-0.25, -0.2) is 28.7 Å². The first-order valence-electron chi connectivity index (χ1n) is 16.3. The zero-order valence-corrected chi connectivity index (χ0v) is 26.3. The van der Waals surface area contributed by atoms with Crippen LogP contribution in [-0.2, 0) is 0 Å². The van der Waals surface area contributed by atoms with E-state index in [9.17, 15) is 13.8 Å². The van der Waals surface area contributed by atoms with Crippen molar-refractivity contribution in [2.45, 2.75) is 44.6 Å². The monoisotopic (exact) mass is 634 g/mol. The van der Waals surface area contributed by atoms with Crippen molar-refractivity contribution in [3.8, 4) is 22.8 Å². The Labute approximate surface area is 272 Å². The van der Waals surface area contributed by atoms with Crippen LogP contribution < -0.4 is 5.32 Å². The minimum absolute atomic E-state index is 0.185. The van der Waals surface area contributed by atoms with Crippen molar-refractivity contribution in [2.24, 2.45) is 0 Å². The number of benzene rings is 2. The number of piperidine rings is 2. The van der Waals surface area contributed by atoms with Crippen molar-refractivity contribution in [3.63, 3.8) is 0 Å². The van der Waals surface area contributed by atoms with Gasteiger partial charge in [0.2, 0.25) is 0 Å². The standard InChI is InChI=1S/C18H20BFN4O.C17H17FN4/c1-19(25)23-11-8-13(9-12-23)24-17(14-5-2-3-6-15(14)20)22-16-7-4-10-21-18(16)24;18-14-5-2-1-4-13(14)16-21-15-6-3-9-20-17(15)22(16)12-7-10-19-11-8-12/h2-7,10,13,25H,8-9,11-12H2,1H3;1-6,9,12,19H,7-8,10-11H2. The largest absolute Gasteiger partial charge is 0.437 e. The molecule has 0 unspecified atom stereocenters. The molecule has 8 rings (SSSR count). The minimum atomic E-state index is -0.440. The summed E-state index contributed by atoms with van der Waals surface area (Å²) in [7, 11) is -0.440. The average molecular weight is 635 g/mol. The molecule has 0 bridgehead atoms. The number of halogens is 2. The molecular weight excluding hydrogens is 597 g/mol. The quantitative estimate of drug-likeness (QED) is 0.220. The highest BCUT2D eigenvalue weighted by Gasteiger charge is 2.29. The van der Waals surface area contributed by atoms with Gasteiger partial charge in [0.05, 0.1) is 11.1 Å². The molecule has 4 aromatic heterocycles. The summed E-state index contributed by atoms with van der Waals surface area (Å²) in [5.74, 6) is 0.787. The molecule has 2 saturated heterocycles. The van der Waals surface area contributed by atoms with Crippen LogP contribution in [-0.4, -0.2) is 72.1 Å². The highest BCUT2D eigenvalue weighted by Crippen LogP contribution is 2.34. The predicted octanol–water partition coefficient (Wildman–Crippen LogP) is 6.15. The fourth-order valence-corrected chi connectivity index (χ4v) is 6.80. The summed E-state index contributed by atoms with van der Waals surface area (Å²) in [6, 6.07) is 21.6. The van der Waals surface area contributed by atoms with E-state index in [1.54, 1.807) is 43.5 Å². The number of nitrogens with one attached hydrogen (secondary N) is 1. The summed E-state index contributed by atoms with van der Waals surface area (Å²) in [5, 5.41) is 13.1. The van der Waals surface area contributed by atoms with E-state index in [0.29, 0.717) is 28.8 Å². The molecule has 2 aliphatic rings. The second-order valence-corrected chi connectivity index (χ2v) is 12.1. The van der Waals surface area contributed by atoms with Gasteiger partial charge in [0.1, 0.15) is 34.3 Å². The van der Waals surface area contributed by atoms with Crippen LogP contribution >= 0.6 is 0 Å². The van der Waals surface area contributed by atoms with Gasteiger partial charge in [0.25, 0.3) is 0 Å². The zero-order valence-electron chi connectivity index (χ0n) is 26.3. The number of fused-ring (bicyclic) bond motifs is 2. The Balaban J connectivity index is 0.000000151. The molecule has 0 saturated carbocycles. The molecule has 0 atom stereocenters. The van der Waals surface area contributed by atoms with Crippen LogP contribution in [0.25, 0.3) is 45.1 Å². The lowest BCUT2D eigenvalue weighted by Gasteiger charge is -2.34. The SMILES string of the molecule is CB(O)N1CCC(n2c(-c3ccccc3F)nc3cccnc32)CC1.Fc1ccccc1-c1nc2cccnc2n1C1CCNCC1. The van der Waals surface area contributed by atoms with Gasteiger partial charge >= 0.3 is 7.05 Å². The van der Waals surface area contributed by atoms with E-state index in [2.05, 4.69) is 34.4 Å². The third-order valence-electron chi connectivity index (χ3n) is 9.19. The third kappa shape index (κ3) is 6.28. The third-order valence-corrected chi connectivity index (χ3v) is 9.19. The van der Waals surface area contributed by atoms with Crippen LogP contribution in [0, 0.1) is 11.6 Å². The Morgan fingerprint density at radius 3 is 1.62 bits per heavy atom. The van der Waals surface area contributed by atoms with Crippen LogP contribution in [0.5, 0.6) is 0 Å². The van der Waals surface area contributed by atoms with E-state index >= 15 is 0 Å². The van der Waals surface area contributed by atoms with Crippen LogP contribution in [0.2, 0.25) is 6.82 Å². The second-order valence-electron chi connectivity index (χ2n) is 12.1. The van der Waals surface area contributed by atoms with Crippen LogP contribution in [0.15, 0.2) is 85.2 Å². The second kappa shape index (κ2) is 13.7. The summed E-state index contributed by atoms with van der Waals surface area (Å²) >= 11 is 0. The fraction of sp³-hybridized carbons (Fsp3) is 0.314. The van der Waals surface area contributed by atoms with E-state index in [4.69, 9.17) is 0 Å². The molecule has 47 heavy (non-hydrogen) atoms. The van der Waals surface area contributed by atoms with Gasteiger partial charge in [-0.2, -0.15) is 0 Å². The molecule has 2 N–H and O–H groups in total. The molecule has 9 nitrogen and oxygen atoms in total. The summed E-state index contributed by atoms with van der Waals surface area (Å²) < 4.78 is 32.9. The van der Waals surface area contributed by atoms with Crippen molar-refractivity contribution in [3.05, 3.63) is 96.8 Å². The van der Waals surface area contributed by atoms with Gasteiger partial charge in [-0.1, -0.05) is 24.3 Å². The van der Waals surface area contributed by atoms with Crippen molar-refractivity contribution in [2.75, 3.05) is 26.2 Å². The van der Waals surface area contributed by atoms with Crippen LogP contribution in [0.3, 0.4) is 0 Å². The van der Waals surface area contributed by atoms with E-state index in [1.165, 1.54) is 12.1 Å². The molecule has 2 fully saturated rings. The van der Waals surface area contributed by atoms with Gasteiger partial charge in [-0.3, -0.25) is 0 Å². The summed E-state index contributed by atoms with van der Waals surface area (Å²) in [6.45, 7) is 5.32. The molecular formula is C35H37BF2N8O. The minimum Gasteiger partial charge on any atom is -0.437 e. The first-order chi connectivity index (χ1) is 23.0. The molecule has 0 aliphatic carbocycles. The van der Waals surface area contributed by atoms with Crippen molar-refractivity contribution >= 4 is 29.4 Å². The molecule has 0 spiro atoms. The molecule has 6 aromatic rings. The average Bonchev–Trinajstić information content (AvgIpc) is 3.68. The number of imidazole rings is 2. The number of hydrogen-bond donors (Lipinski definition) is 2. The van der Waals surface area contributed by atoms with E-state index in [-0.39, 0.29) is 17.7 Å². The van der Waals surface area contributed by atoms with Crippen molar-refractivity contribution < 1.29 is 13.8 Å². The number of nitrogens with zero attached hydrogens (tertiary/aromatic N) is 7. The summed E-state index contributed by atoms with van der Waals surface area (Å²) in [5.41, 5.74) is 4.26. The summed E-state index contributed by atoms with van der Waals surface area (Å²) in [6.07, 6.45) is 7.26. The Morgan fingerprint density at radius 2 is 1.15 bits per heavy atom. The van der Waals surface area contributed by atoms with E-state index < -0.39 is 7.05 Å². The van der Waals surface area contributed by atoms with E-state index in [0.717, 1.165) is 74.2 Å². The van der Waals surface area contributed by atoms with Gasteiger partial charge in [0.15, 0.2) is 11.3 Å². The molecule has 240 valence electrons. The Kier molecular flexibility index (Phi) is 9.06. The predicted molar refractivity (Wildman–Crippen MR) is 181 cm³/mol. The topological polar surface area (TPSA) is 96.9 Å². The van der Waals surface area contributed by atoms with Gasteiger partial charge in [-0.15, -0.1) is 0 Å². The zero-order chi connectivity index (χ0) is 32.3. The highest BCUT2D eigenvalue weighted by molar-refractivity contribution is 6.45. The number of rotatable bonds is 5. The number of pyridine rings is 2. The summed E-state index contributed by atoms with van der Waals surface area (Å²) in [4.78, 5) is 20.4. The molecule has 2 aliphatic heterocycles. The van der Waals surface area contributed by atoms with Crippen LogP contribution in [0.4, 0.5) is 8.78 Å². The van der Waals surface area contributed by atoms with Crippen LogP contribution in [0.1, 0.15) is 37.8 Å². The first kappa shape index (κ1) is 31.1. The molecule has 6 heterocycles. The Bertz CT molecular complexity index is 1980. The Morgan fingerprint density at radius 1 is 0.681 bits per heavy atom. The maximum absolute atomic E-state index is 14.4. The lowest BCUT2D eigenvalue weighted by Crippen LogP contribution is -2.43. The first-order valence-corrected chi connectivity index (χ1v) is 16.3. The molecule has 0 radical (unpaired) electrons. The molecule has 12 heteroatoms. The molecule has 2 aromatic carbocycles. The smallest absolute Gasteiger partial charge is 0.376 e. The number of hydrogen-bond acceptors (Lipinski definition) is 7. The maximum atomic E-state index is 14.4. The van der Waals surface area contributed by atoms with Gasteiger partial charge < -0.3 is 24.3 Å². The fourth-order valence-electron chi connectivity index (χ4n) is 6.80. The molecule has 0 amide bonds. The maximum Gasteiger partial charge on any atom is 0.376 e. The lowest BCUT2D eigenvalue weighted by molar-refractivity contribution is 0.255. The van der Waals surface area contributed by atoms with E-state index in [1.807, 2.05) is 41.2 Å². The lowest BCUT2D eigenvalue weighted by atomic mass is 9.82. The highest BCUT2D eigenvalue weighted by atomic mass is 19.1. The van der Waals surface area contributed by atoms with Gasteiger partial charge in [-0.05, 0) is 107 Å². The van der Waals surface area contributed by atoms with Gasteiger partial charge in [0, 0.05) is 24.5 Å². The normalized spacial score (nSPS) is 16.3. The number of aromatic nitrogens is 6. The van der Waals surface area contributed by atoms with Crippen molar-refractivity contribution in [1.29, 1.82) is 0 Å². The Hall–Kier alpha value is -4.52.